The summed E-state index contributed by atoms with van der Waals surface area (Å²) in [4.78, 5) is 39.9. The van der Waals surface area contributed by atoms with Crippen molar-refractivity contribution in [2.45, 2.75) is 5.54 Å². The number of benzene rings is 1. The van der Waals surface area contributed by atoms with Crippen LogP contribution in [0, 0.1) is 11.8 Å². The van der Waals surface area contributed by atoms with Crippen LogP contribution in [0.2, 0.25) is 0 Å². The van der Waals surface area contributed by atoms with Gasteiger partial charge >= 0.3 is 6.03 Å². The SMILES string of the molecule is COC1=CC2C(=O)N(C[C@@]3(c4ccc5c(N)nn(C)c5c4)NC(=O)NC3=O)CC2C=C1. The van der Waals surface area contributed by atoms with E-state index in [2.05, 4.69) is 15.7 Å². The van der Waals surface area contributed by atoms with Gasteiger partial charge in [0, 0.05) is 24.9 Å². The van der Waals surface area contributed by atoms with E-state index in [1.807, 2.05) is 12.2 Å². The van der Waals surface area contributed by atoms with Gasteiger partial charge in [0.1, 0.15) is 5.76 Å². The minimum absolute atomic E-state index is 0.0111. The summed E-state index contributed by atoms with van der Waals surface area (Å²) in [7, 11) is 3.31. The van der Waals surface area contributed by atoms with E-state index in [4.69, 9.17) is 10.5 Å². The Labute approximate surface area is 177 Å². The Kier molecular flexibility index (Phi) is 4.07. The van der Waals surface area contributed by atoms with Gasteiger partial charge in [0.25, 0.3) is 5.91 Å². The van der Waals surface area contributed by atoms with E-state index in [0.29, 0.717) is 23.7 Å². The maximum absolute atomic E-state index is 13.1. The van der Waals surface area contributed by atoms with Crippen LogP contribution in [0.25, 0.3) is 10.9 Å². The fourth-order valence-corrected chi connectivity index (χ4v) is 4.69. The molecule has 3 heterocycles. The first-order chi connectivity index (χ1) is 14.8. The van der Waals surface area contributed by atoms with Crippen LogP contribution in [-0.4, -0.2) is 52.7 Å². The number of amides is 4. The minimum atomic E-state index is -1.41. The van der Waals surface area contributed by atoms with E-state index >= 15 is 0 Å². The van der Waals surface area contributed by atoms with E-state index in [9.17, 15) is 14.4 Å². The number of anilines is 1. The molecule has 3 aliphatic rings. The summed E-state index contributed by atoms with van der Waals surface area (Å²) in [6, 6.07) is 4.69. The Hall–Kier alpha value is -3.82. The van der Waals surface area contributed by atoms with Crippen molar-refractivity contribution >= 4 is 34.6 Å². The number of aromatic nitrogens is 2. The van der Waals surface area contributed by atoms with Gasteiger partial charge in [0.2, 0.25) is 5.91 Å². The number of hydrogen-bond donors (Lipinski definition) is 3. The number of allylic oxidation sites excluding steroid dienone is 1. The van der Waals surface area contributed by atoms with Crippen LogP contribution in [0.5, 0.6) is 0 Å². The number of ether oxygens (including phenoxy) is 1. The van der Waals surface area contributed by atoms with E-state index in [-0.39, 0.29) is 24.3 Å². The number of likely N-dealkylation sites (tertiary alicyclic amines) is 1. The molecule has 1 aromatic carbocycles. The van der Waals surface area contributed by atoms with Gasteiger partial charge in [-0.1, -0.05) is 12.1 Å². The normalized spacial score (nSPS) is 27.4. The fraction of sp³-hybridized carbons (Fsp3) is 0.333. The number of urea groups is 1. The molecule has 0 saturated carbocycles. The molecule has 2 unspecified atom stereocenters. The third-order valence-corrected chi connectivity index (χ3v) is 6.32. The number of methoxy groups -OCH3 is 1. The van der Waals surface area contributed by atoms with Crippen LogP contribution < -0.4 is 16.4 Å². The number of carbonyl (C=O) groups excluding carboxylic acids is 3. The highest BCUT2D eigenvalue weighted by Crippen LogP contribution is 2.36. The summed E-state index contributed by atoms with van der Waals surface area (Å²) in [5, 5.41) is 10.0. The Morgan fingerprint density at radius 2 is 2.13 bits per heavy atom. The number of nitrogens with one attached hydrogen (secondary N) is 2. The average molecular weight is 422 g/mol. The number of aryl methyl sites for hydroxylation is 1. The Morgan fingerprint density at radius 3 is 2.84 bits per heavy atom. The van der Waals surface area contributed by atoms with Crippen molar-refractivity contribution in [2.75, 3.05) is 25.9 Å². The molecule has 3 atom stereocenters. The van der Waals surface area contributed by atoms with Gasteiger partial charge in [-0.25, -0.2) is 4.79 Å². The second-order valence-corrected chi connectivity index (χ2v) is 8.10. The molecule has 5 rings (SSSR count). The minimum Gasteiger partial charge on any atom is -0.497 e. The summed E-state index contributed by atoms with van der Waals surface area (Å²) in [6.07, 6.45) is 5.60. The molecule has 10 nitrogen and oxygen atoms in total. The molecule has 2 aromatic rings. The molecule has 2 fully saturated rings. The topological polar surface area (TPSA) is 132 Å². The van der Waals surface area contributed by atoms with E-state index in [1.165, 1.54) is 0 Å². The zero-order chi connectivity index (χ0) is 21.9. The van der Waals surface area contributed by atoms with Crippen LogP contribution in [0.4, 0.5) is 10.6 Å². The monoisotopic (exact) mass is 422 g/mol. The van der Waals surface area contributed by atoms with Gasteiger partial charge in [-0.2, -0.15) is 5.10 Å². The molecular weight excluding hydrogens is 400 g/mol. The van der Waals surface area contributed by atoms with E-state index in [1.54, 1.807) is 48.0 Å². The van der Waals surface area contributed by atoms with Gasteiger partial charge < -0.3 is 20.7 Å². The third-order valence-electron chi connectivity index (χ3n) is 6.32. The number of carbonyl (C=O) groups is 3. The number of nitrogens with zero attached hydrogens (tertiary/aromatic N) is 3. The summed E-state index contributed by atoms with van der Waals surface area (Å²) >= 11 is 0. The van der Waals surface area contributed by atoms with Crippen molar-refractivity contribution in [1.29, 1.82) is 0 Å². The third kappa shape index (κ3) is 2.78. The summed E-state index contributed by atoms with van der Waals surface area (Å²) in [5.41, 5.74) is 5.81. The van der Waals surface area contributed by atoms with E-state index < -0.39 is 17.5 Å². The Bertz CT molecular complexity index is 1200. The molecule has 2 saturated heterocycles. The van der Waals surface area contributed by atoms with Crippen LogP contribution in [0.3, 0.4) is 0 Å². The second-order valence-electron chi connectivity index (χ2n) is 8.10. The van der Waals surface area contributed by atoms with Crippen molar-refractivity contribution in [3.8, 4) is 0 Å². The second kappa shape index (κ2) is 6.59. The maximum Gasteiger partial charge on any atom is 0.322 e. The molecule has 31 heavy (non-hydrogen) atoms. The molecule has 2 aliphatic heterocycles. The van der Waals surface area contributed by atoms with Crippen molar-refractivity contribution < 1.29 is 19.1 Å². The molecular formula is C21H22N6O4. The van der Waals surface area contributed by atoms with Crippen molar-refractivity contribution in [1.82, 2.24) is 25.3 Å². The molecule has 0 spiro atoms. The van der Waals surface area contributed by atoms with Crippen LogP contribution in [0.15, 0.2) is 42.2 Å². The summed E-state index contributed by atoms with van der Waals surface area (Å²) in [6.45, 7) is 0.457. The van der Waals surface area contributed by atoms with Gasteiger partial charge in [-0.05, 0) is 29.8 Å². The number of rotatable bonds is 4. The Balaban J connectivity index is 1.54. The standard InChI is InChI=1S/C21H22N6O4/c1-26-16-7-12(4-6-14(16)17(22)25-26)21(19(29)23-20(30)24-21)10-27-9-11-3-5-13(31-2)8-15(11)18(27)28/h3-8,11,15H,9-10H2,1-2H3,(H2,22,25)(H2,23,24,29,30)/t11?,15?,21-/m0/s1. The first-order valence-corrected chi connectivity index (χ1v) is 9.91. The quantitative estimate of drug-likeness (QED) is 0.610. The van der Waals surface area contributed by atoms with Crippen molar-refractivity contribution in [3.63, 3.8) is 0 Å². The fourth-order valence-electron chi connectivity index (χ4n) is 4.69. The van der Waals surface area contributed by atoms with Crippen molar-refractivity contribution in [3.05, 3.63) is 47.7 Å². The lowest BCUT2D eigenvalue weighted by Crippen LogP contribution is -2.53. The van der Waals surface area contributed by atoms with Crippen molar-refractivity contribution in [2.24, 2.45) is 18.9 Å². The first kappa shape index (κ1) is 19.2. The van der Waals surface area contributed by atoms with Crippen LogP contribution >= 0.6 is 0 Å². The zero-order valence-electron chi connectivity index (χ0n) is 17.1. The predicted molar refractivity (Wildman–Crippen MR) is 111 cm³/mol. The summed E-state index contributed by atoms with van der Waals surface area (Å²) in [5.74, 6) is 0.0440. The highest BCUT2D eigenvalue weighted by atomic mass is 16.5. The number of nitrogens with two attached hydrogens (primary N) is 1. The molecule has 1 aromatic heterocycles. The number of fused-ring (bicyclic) bond motifs is 2. The van der Waals surface area contributed by atoms with Gasteiger partial charge in [0.05, 0.1) is 25.1 Å². The maximum atomic E-state index is 13.1. The lowest BCUT2D eigenvalue weighted by molar-refractivity contribution is -0.132. The lowest BCUT2D eigenvalue weighted by atomic mass is 9.88. The lowest BCUT2D eigenvalue weighted by Gasteiger charge is -2.31. The van der Waals surface area contributed by atoms with E-state index in [0.717, 1.165) is 10.9 Å². The molecule has 160 valence electrons. The highest BCUT2D eigenvalue weighted by molar-refractivity contribution is 6.08. The van der Waals surface area contributed by atoms with Crippen LogP contribution in [0.1, 0.15) is 5.56 Å². The molecule has 0 bridgehead atoms. The highest BCUT2D eigenvalue weighted by Gasteiger charge is 2.52. The van der Waals surface area contributed by atoms with Gasteiger partial charge in [-0.15, -0.1) is 0 Å². The first-order valence-electron chi connectivity index (χ1n) is 9.91. The number of nitrogen functional groups attached to an aromatic ring is 1. The predicted octanol–water partition coefficient (Wildman–Crippen LogP) is 0.365. The molecule has 4 amide bonds. The van der Waals surface area contributed by atoms with Gasteiger partial charge in [-0.3, -0.25) is 19.6 Å². The smallest absolute Gasteiger partial charge is 0.322 e. The number of imide groups is 1. The molecule has 1 aliphatic carbocycles. The molecule has 4 N–H and O–H groups in total. The average Bonchev–Trinajstić information content (AvgIpc) is 3.33. The zero-order valence-corrected chi connectivity index (χ0v) is 17.1. The number of hydrogen-bond acceptors (Lipinski definition) is 6. The molecule has 10 heteroatoms. The molecule has 0 radical (unpaired) electrons. The van der Waals surface area contributed by atoms with Gasteiger partial charge in [0.15, 0.2) is 11.4 Å². The largest absolute Gasteiger partial charge is 0.497 e. The van der Waals surface area contributed by atoms with Crippen LogP contribution in [-0.2, 0) is 26.9 Å². The Morgan fingerprint density at radius 1 is 1.32 bits per heavy atom. The summed E-state index contributed by atoms with van der Waals surface area (Å²) < 4.78 is 6.87.